The lowest BCUT2D eigenvalue weighted by Crippen LogP contribution is -2.31. The highest BCUT2D eigenvalue weighted by Gasteiger charge is 2.14. The fourth-order valence-corrected chi connectivity index (χ4v) is 2.09. The molecular formula is C13H14N2O3S. The highest BCUT2D eigenvalue weighted by molar-refractivity contribution is 7.13. The van der Waals surface area contributed by atoms with E-state index in [0.29, 0.717) is 16.6 Å². The van der Waals surface area contributed by atoms with Crippen LogP contribution in [0.5, 0.6) is 11.5 Å². The molecule has 1 aromatic heterocycles. The van der Waals surface area contributed by atoms with Crippen molar-refractivity contribution in [2.45, 2.75) is 0 Å². The number of para-hydroxylation sites is 2. The van der Waals surface area contributed by atoms with Gasteiger partial charge in [-0.15, -0.1) is 11.3 Å². The molecule has 0 saturated carbocycles. The molecule has 0 fully saturated rings. The fraction of sp³-hybridized carbons (Fsp3) is 0.231. The summed E-state index contributed by atoms with van der Waals surface area (Å²) in [6, 6.07) is 7.21. The Balaban J connectivity index is 1.97. The number of thiazole rings is 1. The maximum Gasteiger partial charge on any atom is 0.266 e. The smallest absolute Gasteiger partial charge is 0.266 e. The number of hydrogen-bond donors (Lipinski definition) is 0. The minimum atomic E-state index is -0.166. The number of methoxy groups -OCH3 is 1. The quantitative estimate of drug-likeness (QED) is 0.841. The first-order valence-electron chi connectivity index (χ1n) is 5.64. The van der Waals surface area contributed by atoms with Gasteiger partial charge in [0.2, 0.25) is 0 Å². The zero-order valence-corrected chi connectivity index (χ0v) is 11.5. The predicted molar refractivity (Wildman–Crippen MR) is 74.0 cm³/mol. The summed E-state index contributed by atoms with van der Waals surface area (Å²) in [5, 5.41) is 2.47. The second-order valence-electron chi connectivity index (χ2n) is 3.71. The van der Waals surface area contributed by atoms with Gasteiger partial charge in [0.1, 0.15) is 0 Å². The minimum absolute atomic E-state index is 0.0591. The first-order chi connectivity index (χ1) is 9.22. The molecule has 6 heteroatoms. The third kappa shape index (κ3) is 3.23. The van der Waals surface area contributed by atoms with Gasteiger partial charge in [-0.1, -0.05) is 12.1 Å². The van der Waals surface area contributed by atoms with Gasteiger partial charge in [0, 0.05) is 18.6 Å². The van der Waals surface area contributed by atoms with Gasteiger partial charge in [-0.3, -0.25) is 9.69 Å². The van der Waals surface area contributed by atoms with E-state index in [9.17, 15) is 4.79 Å². The largest absolute Gasteiger partial charge is 0.493 e. The van der Waals surface area contributed by atoms with E-state index in [1.54, 1.807) is 32.5 Å². The molecule has 0 N–H and O–H groups in total. The number of rotatable bonds is 5. The molecule has 5 nitrogen and oxygen atoms in total. The number of ether oxygens (including phenoxy) is 2. The number of likely N-dealkylation sites (N-methyl/N-ethyl adjacent to an activating group) is 1. The Labute approximate surface area is 115 Å². The normalized spacial score (nSPS) is 10.0. The number of hydrogen-bond acceptors (Lipinski definition) is 5. The number of carbonyl (C=O) groups excluding carboxylic acids is 1. The molecular weight excluding hydrogens is 264 g/mol. The van der Waals surface area contributed by atoms with Crippen molar-refractivity contribution in [2.75, 3.05) is 25.7 Å². The first-order valence-corrected chi connectivity index (χ1v) is 6.52. The van der Waals surface area contributed by atoms with E-state index >= 15 is 0 Å². The van der Waals surface area contributed by atoms with Crippen LogP contribution >= 0.6 is 11.3 Å². The molecule has 1 heterocycles. The monoisotopic (exact) mass is 278 g/mol. The SMILES string of the molecule is COc1ccccc1OCC(=O)N(C)c1nccs1. The molecule has 0 spiro atoms. The predicted octanol–water partition coefficient (Wildman–Crippen LogP) is 2.19. The molecule has 0 atom stereocenters. The molecule has 0 aliphatic heterocycles. The summed E-state index contributed by atoms with van der Waals surface area (Å²) < 4.78 is 10.6. The van der Waals surface area contributed by atoms with Gasteiger partial charge in [0.05, 0.1) is 7.11 Å². The summed E-state index contributed by atoms with van der Waals surface area (Å²) in [4.78, 5) is 17.5. The second-order valence-corrected chi connectivity index (χ2v) is 4.58. The van der Waals surface area contributed by atoms with Crippen molar-refractivity contribution in [1.29, 1.82) is 0 Å². The van der Waals surface area contributed by atoms with Crippen molar-refractivity contribution < 1.29 is 14.3 Å². The molecule has 1 amide bonds. The van der Waals surface area contributed by atoms with Crippen LogP contribution in [0.1, 0.15) is 0 Å². The number of benzene rings is 1. The lowest BCUT2D eigenvalue weighted by Gasteiger charge is -2.15. The van der Waals surface area contributed by atoms with Crippen molar-refractivity contribution in [2.24, 2.45) is 0 Å². The maximum absolute atomic E-state index is 11.9. The maximum atomic E-state index is 11.9. The van der Waals surface area contributed by atoms with Gasteiger partial charge in [0.25, 0.3) is 5.91 Å². The molecule has 0 unspecified atom stereocenters. The Bertz CT molecular complexity index is 543. The summed E-state index contributed by atoms with van der Waals surface area (Å²) >= 11 is 1.40. The summed E-state index contributed by atoms with van der Waals surface area (Å²) in [5.74, 6) is 0.985. The van der Waals surface area contributed by atoms with Crippen molar-refractivity contribution in [3.8, 4) is 11.5 Å². The van der Waals surface area contributed by atoms with Crippen molar-refractivity contribution in [3.05, 3.63) is 35.8 Å². The fourth-order valence-electron chi connectivity index (χ4n) is 1.46. The van der Waals surface area contributed by atoms with E-state index in [4.69, 9.17) is 9.47 Å². The number of carbonyl (C=O) groups is 1. The zero-order chi connectivity index (χ0) is 13.7. The number of nitrogens with zero attached hydrogens (tertiary/aromatic N) is 2. The van der Waals surface area contributed by atoms with Crippen LogP contribution < -0.4 is 14.4 Å². The van der Waals surface area contributed by atoms with Crippen LogP contribution in [0.3, 0.4) is 0 Å². The van der Waals surface area contributed by atoms with E-state index < -0.39 is 0 Å². The molecule has 0 bridgehead atoms. The van der Waals surface area contributed by atoms with E-state index in [2.05, 4.69) is 4.98 Å². The highest BCUT2D eigenvalue weighted by Crippen LogP contribution is 2.25. The molecule has 2 rings (SSSR count). The average molecular weight is 278 g/mol. The molecule has 2 aromatic rings. The van der Waals surface area contributed by atoms with Crippen molar-refractivity contribution in [3.63, 3.8) is 0 Å². The van der Waals surface area contributed by atoms with Gasteiger partial charge in [-0.2, -0.15) is 0 Å². The van der Waals surface area contributed by atoms with Crippen LogP contribution in [-0.4, -0.2) is 31.7 Å². The minimum Gasteiger partial charge on any atom is -0.493 e. The number of amides is 1. The van der Waals surface area contributed by atoms with Crippen LogP contribution in [0, 0.1) is 0 Å². The Morgan fingerprint density at radius 1 is 1.37 bits per heavy atom. The Morgan fingerprint density at radius 3 is 2.74 bits per heavy atom. The summed E-state index contributed by atoms with van der Waals surface area (Å²) in [5.41, 5.74) is 0. The van der Waals surface area contributed by atoms with Gasteiger partial charge >= 0.3 is 0 Å². The summed E-state index contributed by atoms with van der Waals surface area (Å²) in [6.07, 6.45) is 1.66. The Kier molecular flexibility index (Phi) is 4.35. The van der Waals surface area contributed by atoms with E-state index in [1.807, 2.05) is 17.5 Å². The lowest BCUT2D eigenvalue weighted by atomic mass is 10.3. The van der Waals surface area contributed by atoms with Gasteiger partial charge < -0.3 is 9.47 Å². The average Bonchev–Trinajstić information content (AvgIpc) is 2.98. The van der Waals surface area contributed by atoms with Crippen molar-refractivity contribution >= 4 is 22.4 Å². The molecule has 0 saturated heterocycles. The van der Waals surface area contributed by atoms with Crippen molar-refractivity contribution in [1.82, 2.24) is 4.98 Å². The van der Waals surface area contributed by atoms with Gasteiger partial charge in [-0.05, 0) is 12.1 Å². The Hall–Kier alpha value is -2.08. The molecule has 1 aromatic carbocycles. The van der Waals surface area contributed by atoms with E-state index in [0.717, 1.165) is 0 Å². The number of aromatic nitrogens is 1. The van der Waals surface area contributed by atoms with Crippen LogP contribution in [0.2, 0.25) is 0 Å². The van der Waals surface area contributed by atoms with Gasteiger partial charge in [-0.25, -0.2) is 4.98 Å². The lowest BCUT2D eigenvalue weighted by molar-refractivity contribution is -0.120. The van der Waals surface area contributed by atoms with Crippen LogP contribution in [0.25, 0.3) is 0 Å². The highest BCUT2D eigenvalue weighted by atomic mass is 32.1. The molecule has 19 heavy (non-hydrogen) atoms. The molecule has 0 radical (unpaired) electrons. The summed E-state index contributed by atoms with van der Waals surface area (Å²) in [6.45, 7) is -0.0591. The molecule has 100 valence electrons. The molecule has 0 aliphatic rings. The standard InChI is InChI=1S/C13H14N2O3S/c1-15(13-14-7-8-19-13)12(16)9-18-11-6-4-3-5-10(11)17-2/h3-8H,9H2,1-2H3. The Morgan fingerprint density at radius 2 is 2.11 bits per heavy atom. The third-order valence-corrected chi connectivity index (χ3v) is 3.35. The second kappa shape index (κ2) is 6.19. The van der Waals surface area contributed by atoms with E-state index in [-0.39, 0.29) is 12.5 Å². The van der Waals surface area contributed by atoms with Gasteiger partial charge in [0.15, 0.2) is 23.2 Å². The van der Waals surface area contributed by atoms with Crippen LogP contribution in [-0.2, 0) is 4.79 Å². The van der Waals surface area contributed by atoms with E-state index in [1.165, 1.54) is 16.2 Å². The molecule has 0 aliphatic carbocycles. The third-order valence-electron chi connectivity index (χ3n) is 2.50. The first kappa shape index (κ1) is 13.4. The zero-order valence-electron chi connectivity index (χ0n) is 10.7. The van der Waals surface area contributed by atoms with Crippen LogP contribution in [0.4, 0.5) is 5.13 Å². The topological polar surface area (TPSA) is 51.7 Å². The number of anilines is 1. The van der Waals surface area contributed by atoms with Crippen LogP contribution in [0.15, 0.2) is 35.8 Å². The summed E-state index contributed by atoms with van der Waals surface area (Å²) in [7, 11) is 3.23.